The lowest BCUT2D eigenvalue weighted by Crippen LogP contribution is -1.93. The number of thiophene rings is 1. The van der Waals surface area contributed by atoms with Crippen LogP contribution in [-0.2, 0) is 0 Å². The molecule has 0 bridgehead atoms. The van der Waals surface area contributed by atoms with Crippen LogP contribution >= 0.6 is 57.6 Å². The number of hydrogen-bond acceptors (Lipinski definition) is 7. The molecule has 9 heteroatoms. The second kappa shape index (κ2) is 7.62. The number of nitrogens with zero attached hydrogens (tertiary/aromatic N) is 4. The summed E-state index contributed by atoms with van der Waals surface area (Å²) < 4.78 is 0.821. The van der Waals surface area contributed by atoms with Gasteiger partial charge in [-0.25, -0.2) is 9.97 Å². The number of benzene rings is 1. The normalized spacial score (nSPS) is 11.7. The van der Waals surface area contributed by atoms with Gasteiger partial charge in [0.05, 0.1) is 26.8 Å². The highest BCUT2D eigenvalue weighted by molar-refractivity contribution is 8.01. The largest absolute Gasteiger partial charge is 0.244 e. The molecule has 4 rings (SSSR count). The maximum Gasteiger partial charge on any atom is 0.180 e. The van der Waals surface area contributed by atoms with Crippen molar-refractivity contribution in [2.75, 3.05) is 0 Å². The quantitative estimate of drug-likeness (QED) is 0.366. The van der Waals surface area contributed by atoms with Crippen LogP contribution in [0.15, 0.2) is 39.0 Å². The summed E-state index contributed by atoms with van der Waals surface area (Å²) in [6.07, 6.45) is 3.98. The second-order valence-electron chi connectivity index (χ2n) is 5.21. The van der Waals surface area contributed by atoms with Crippen molar-refractivity contribution in [2.45, 2.75) is 16.3 Å². The minimum Gasteiger partial charge on any atom is -0.244 e. The Labute approximate surface area is 171 Å². The summed E-state index contributed by atoms with van der Waals surface area (Å²) in [5.41, 5.74) is 2.14. The van der Waals surface area contributed by atoms with Crippen LogP contribution in [0.25, 0.3) is 23.2 Å². The Kier molecular flexibility index (Phi) is 5.24. The first-order valence-electron chi connectivity index (χ1n) is 7.45. The highest BCUT2D eigenvalue weighted by atomic mass is 35.5. The minimum absolute atomic E-state index is 0.457. The van der Waals surface area contributed by atoms with Gasteiger partial charge >= 0.3 is 0 Å². The van der Waals surface area contributed by atoms with E-state index in [9.17, 15) is 0 Å². The summed E-state index contributed by atoms with van der Waals surface area (Å²) in [5, 5.41) is 12.8. The van der Waals surface area contributed by atoms with Crippen molar-refractivity contribution in [3.63, 3.8) is 0 Å². The Balaban J connectivity index is 1.82. The van der Waals surface area contributed by atoms with Crippen LogP contribution in [-0.4, -0.2) is 20.2 Å². The van der Waals surface area contributed by atoms with Gasteiger partial charge in [0, 0.05) is 4.88 Å². The van der Waals surface area contributed by atoms with Crippen molar-refractivity contribution in [1.82, 2.24) is 20.2 Å². The van der Waals surface area contributed by atoms with Gasteiger partial charge in [-0.15, -0.1) is 21.5 Å². The van der Waals surface area contributed by atoms with E-state index < -0.39 is 0 Å². The number of aryl methyl sites for hydroxylation is 1. The molecule has 0 saturated heterocycles. The van der Waals surface area contributed by atoms with Gasteiger partial charge in [-0.3, -0.25) is 0 Å². The monoisotopic (exact) mass is 436 g/mol. The van der Waals surface area contributed by atoms with Gasteiger partial charge in [0.25, 0.3) is 0 Å². The molecule has 130 valence electrons. The number of fused-ring (bicyclic) bond motifs is 1. The van der Waals surface area contributed by atoms with Crippen LogP contribution in [0, 0.1) is 6.92 Å². The maximum absolute atomic E-state index is 6.13. The molecule has 0 N–H and O–H groups in total. The average molecular weight is 437 g/mol. The van der Waals surface area contributed by atoms with Crippen LogP contribution in [0.5, 0.6) is 0 Å². The van der Waals surface area contributed by atoms with Gasteiger partial charge in [0.1, 0.15) is 10.0 Å². The number of hydrogen-bond donors (Lipinski definition) is 0. The second-order valence-corrected chi connectivity index (χ2v) is 9.42. The van der Waals surface area contributed by atoms with Gasteiger partial charge in [0.15, 0.2) is 4.34 Å². The molecule has 1 aromatic carbocycles. The van der Waals surface area contributed by atoms with Gasteiger partial charge in [-0.2, -0.15) is 0 Å². The summed E-state index contributed by atoms with van der Waals surface area (Å²) in [4.78, 5) is 10.6. The SMILES string of the molecule is Cc1nnc(Sc2nc3cc(Cl)c(Cl)cc3nc2/C=C/c2cccs2)s1. The lowest BCUT2D eigenvalue weighted by atomic mass is 10.2. The standard InChI is InChI=1S/C17H10Cl2N4S3/c1-9-22-23-17(25-9)26-16-13(5-4-10-3-2-6-24-10)20-14-7-11(18)12(19)8-15(14)21-16/h2-8H,1H3/b5-4+. The molecule has 0 amide bonds. The fourth-order valence-corrected chi connectivity index (χ4v) is 4.91. The van der Waals surface area contributed by atoms with Gasteiger partial charge in [-0.1, -0.05) is 40.6 Å². The third-order valence-corrected chi connectivity index (χ3v) is 6.78. The van der Waals surface area contributed by atoms with E-state index in [1.165, 1.54) is 23.1 Å². The smallest absolute Gasteiger partial charge is 0.180 e. The molecule has 4 nitrogen and oxygen atoms in total. The van der Waals surface area contributed by atoms with Crippen molar-refractivity contribution in [3.8, 4) is 0 Å². The first-order chi connectivity index (χ1) is 12.6. The zero-order valence-corrected chi connectivity index (χ0v) is 17.3. The van der Waals surface area contributed by atoms with E-state index in [0.717, 1.165) is 24.9 Å². The molecule has 0 aliphatic carbocycles. The van der Waals surface area contributed by atoms with Crippen molar-refractivity contribution >= 4 is 80.8 Å². The molecule has 0 saturated carbocycles. The first kappa shape index (κ1) is 17.9. The molecule has 4 aromatic rings. The van der Waals surface area contributed by atoms with Crippen LogP contribution in [0.3, 0.4) is 0 Å². The molecule has 3 aromatic heterocycles. The van der Waals surface area contributed by atoms with Crippen molar-refractivity contribution < 1.29 is 0 Å². The van der Waals surface area contributed by atoms with Gasteiger partial charge in [0.2, 0.25) is 0 Å². The zero-order chi connectivity index (χ0) is 18.1. The molecular weight excluding hydrogens is 427 g/mol. The van der Waals surface area contributed by atoms with Crippen LogP contribution < -0.4 is 0 Å². The van der Waals surface area contributed by atoms with Crippen molar-refractivity contribution in [3.05, 3.63) is 55.3 Å². The lowest BCUT2D eigenvalue weighted by molar-refractivity contribution is 0.979. The maximum atomic E-state index is 6.13. The molecular formula is C17H10Cl2N4S3. The molecule has 0 unspecified atom stereocenters. The molecule has 0 radical (unpaired) electrons. The fourth-order valence-electron chi connectivity index (χ4n) is 2.18. The number of aromatic nitrogens is 4. The molecule has 0 fully saturated rings. The third-order valence-electron chi connectivity index (χ3n) is 3.34. The Bertz CT molecular complexity index is 1110. The lowest BCUT2D eigenvalue weighted by Gasteiger charge is -2.06. The topological polar surface area (TPSA) is 51.6 Å². The van der Waals surface area contributed by atoms with Crippen molar-refractivity contribution in [2.24, 2.45) is 0 Å². The van der Waals surface area contributed by atoms with E-state index in [1.54, 1.807) is 23.5 Å². The van der Waals surface area contributed by atoms with E-state index >= 15 is 0 Å². The summed E-state index contributed by atoms with van der Waals surface area (Å²) >= 11 is 16.9. The Morgan fingerprint density at radius 2 is 1.81 bits per heavy atom. The summed E-state index contributed by atoms with van der Waals surface area (Å²) in [6, 6.07) is 7.53. The summed E-state index contributed by atoms with van der Waals surface area (Å²) in [5.74, 6) is 0. The van der Waals surface area contributed by atoms with E-state index in [4.69, 9.17) is 33.2 Å². The highest BCUT2D eigenvalue weighted by Gasteiger charge is 2.13. The highest BCUT2D eigenvalue weighted by Crippen LogP contribution is 2.34. The van der Waals surface area contributed by atoms with Gasteiger partial charge < -0.3 is 0 Å². The van der Waals surface area contributed by atoms with Crippen LogP contribution in [0.2, 0.25) is 10.0 Å². The molecule has 3 heterocycles. The van der Waals surface area contributed by atoms with Gasteiger partial charge in [-0.05, 0) is 54.4 Å². The van der Waals surface area contributed by atoms with E-state index in [0.29, 0.717) is 21.1 Å². The molecule has 26 heavy (non-hydrogen) atoms. The number of rotatable bonds is 4. The summed E-state index contributed by atoms with van der Waals surface area (Å²) in [6.45, 7) is 1.92. The Morgan fingerprint density at radius 3 is 2.46 bits per heavy atom. The molecule has 0 aliphatic rings. The zero-order valence-electron chi connectivity index (χ0n) is 13.3. The predicted octanol–water partition coefficient (Wildman–Crippen LogP) is 6.48. The predicted molar refractivity (Wildman–Crippen MR) is 112 cm³/mol. The van der Waals surface area contributed by atoms with Crippen LogP contribution in [0.1, 0.15) is 15.6 Å². The van der Waals surface area contributed by atoms with E-state index in [2.05, 4.69) is 10.2 Å². The Hall–Kier alpha value is -1.51. The summed E-state index contributed by atoms with van der Waals surface area (Å²) in [7, 11) is 0. The molecule has 0 atom stereocenters. The van der Waals surface area contributed by atoms with E-state index in [-0.39, 0.29) is 0 Å². The van der Waals surface area contributed by atoms with Crippen LogP contribution in [0.4, 0.5) is 0 Å². The third kappa shape index (κ3) is 3.92. The molecule has 0 aliphatic heterocycles. The van der Waals surface area contributed by atoms with Crippen molar-refractivity contribution in [1.29, 1.82) is 0 Å². The molecule has 0 spiro atoms. The average Bonchev–Trinajstić information content (AvgIpc) is 3.26. The minimum atomic E-state index is 0.457. The fraction of sp³-hybridized carbons (Fsp3) is 0.0588. The number of halogens is 2. The first-order valence-corrected chi connectivity index (χ1v) is 10.7. The Morgan fingerprint density at radius 1 is 1.04 bits per heavy atom. The van der Waals surface area contributed by atoms with E-state index in [1.807, 2.05) is 36.6 Å².